The van der Waals surface area contributed by atoms with Crippen LogP contribution in [0, 0.1) is 0 Å². The van der Waals surface area contributed by atoms with Crippen LogP contribution in [0.3, 0.4) is 0 Å². The minimum Gasteiger partial charge on any atom is -0.467 e. The molecule has 0 saturated carbocycles. The monoisotopic (exact) mass is 406 g/mol. The van der Waals surface area contributed by atoms with Crippen molar-refractivity contribution in [3.63, 3.8) is 0 Å². The maximum absolute atomic E-state index is 11.0. The third kappa shape index (κ3) is 4.72. The number of benzene rings is 1. The fraction of sp³-hybridized carbons (Fsp3) is 0.143. The van der Waals surface area contributed by atoms with Crippen molar-refractivity contribution in [3.8, 4) is 17.3 Å². The summed E-state index contributed by atoms with van der Waals surface area (Å²) in [7, 11) is 0. The molecule has 0 fully saturated rings. The van der Waals surface area contributed by atoms with Gasteiger partial charge in [0.15, 0.2) is 11.0 Å². The summed E-state index contributed by atoms with van der Waals surface area (Å²) >= 11 is 1.57. The van der Waals surface area contributed by atoms with Gasteiger partial charge in [0.05, 0.1) is 12.8 Å². The zero-order valence-corrected chi connectivity index (χ0v) is 16.5. The Balaban J connectivity index is 1.55. The topological polar surface area (TPSA) is 83.0 Å². The van der Waals surface area contributed by atoms with Crippen molar-refractivity contribution in [2.75, 3.05) is 0 Å². The lowest BCUT2D eigenvalue weighted by Crippen LogP contribution is -2.04. The molecule has 8 heteroatoms. The number of nitrogens with zero attached hydrogens (tertiary/aromatic N) is 4. The van der Waals surface area contributed by atoms with Crippen molar-refractivity contribution in [2.45, 2.75) is 24.4 Å². The second-order valence-electron chi connectivity index (χ2n) is 6.21. The number of carbonyl (C=O) groups excluding carboxylic acids is 1. The van der Waals surface area contributed by atoms with Crippen LogP contribution in [0.5, 0.6) is 5.75 Å². The molecule has 0 radical (unpaired) electrons. The van der Waals surface area contributed by atoms with Crippen molar-refractivity contribution < 1.29 is 13.9 Å². The second kappa shape index (κ2) is 8.74. The Kier molecular flexibility index (Phi) is 5.71. The molecule has 0 atom stereocenters. The molecule has 0 aliphatic carbocycles. The van der Waals surface area contributed by atoms with Gasteiger partial charge in [0.2, 0.25) is 0 Å². The Hall–Kier alpha value is -3.39. The van der Waals surface area contributed by atoms with Crippen LogP contribution in [-0.2, 0) is 17.1 Å². The third-order valence-corrected chi connectivity index (χ3v) is 5.10. The molecule has 0 N–H and O–H groups in total. The van der Waals surface area contributed by atoms with Crippen LogP contribution in [0.1, 0.15) is 18.2 Å². The average Bonchev–Trinajstić information content (AvgIpc) is 3.38. The first kappa shape index (κ1) is 18.9. The predicted octanol–water partition coefficient (Wildman–Crippen LogP) is 4.20. The number of hydrogen-bond acceptors (Lipinski definition) is 7. The third-order valence-electron chi connectivity index (χ3n) is 4.06. The van der Waals surface area contributed by atoms with Gasteiger partial charge < -0.3 is 9.15 Å². The maximum Gasteiger partial charge on any atom is 0.308 e. The fourth-order valence-electron chi connectivity index (χ4n) is 2.75. The van der Waals surface area contributed by atoms with E-state index in [0.29, 0.717) is 23.9 Å². The number of hydrogen-bond donors (Lipinski definition) is 0. The van der Waals surface area contributed by atoms with Gasteiger partial charge in [0, 0.05) is 18.9 Å². The number of pyridine rings is 1. The average molecular weight is 406 g/mol. The molecule has 4 aromatic rings. The molecule has 3 heterocycles. The Bertz CT molecular complexity index is 1080. The van der Waals surface area contributed by atoms with Crippen LogP contribution in [0.15, 0.2) is 76.6 Å². The van der Waals surface area contributed by atoms with Crippen molar-refractivity contribution in [1.82, 2.24) is 19.7 Å². The number of carbonyl (C=O) groups is 1. The van der Waals surface area contributed by atoms with Crippen molar-refractivity contribution in [2.24, 2.45) is 0 Å². The van der Waals surface area contributed by atoms with Gasteiger partial charge in [0.1, 0.15) is 17.2 Å². The summed E-state index contributed by atoms with van der Waals surface area (Å²) < 4.78 is 12.6. The molecule has 0 aliphatic heterocycles. The number of esters is 1. The van der Waals surface area contributed by atoms with Gasteiger partial charge in [-0.05, 0) is 42.0 Å². The number of aromatic nitrogens is 4. The largest absolute Gasteiger partial charge is 0.467 e. The minimum absolute atomic E-state index is 0.333. The number of rotatable bonds is 7. The highest BCUT2D eigenvalue weighted by atomic mass is 32.2. The van der Waals surface area contributed by atoms with Crippen molar-refractivity contribution >= 4 is 17.7 Å². The molecule has 146 valence electrons. The van der Waals surface area contributed by atoms with E-state index in [4.69, 9.17) is 9.15 Å². The first-order valence-corrected chi connectivity index (χ1v) is 9.95. The summed E-state index contributed by atoms with van der Waals surface area (Å²) in [5.74, 6) is 2.40. The van der Waals surface area contributed by atoms with Crippen molar-refractivity contribution in [3.05, 3.63) is 78.4 Å². The van der Waals surface area contributed by atoms with Crippen LogP contribution < -0.4 is 4.74 Å². The normalized spacial score (nSPS) is 10.8. The lowest BCUT2D eigenvalue weighted by molar-refractivity contribution is -0.131. The van der Waals surface area contributed by atoms with E-state index in [0.717, 1.165) is 22.2 Å². The van der Waals surface area contributed by atoms with E-state index in [9.17, 15) is 4.79 Å². The Morgan fingerprint density at radius 3 is 2.66 bits per heavy atom. The molecule has 7 nitrogen and oxygen atoms in total. The minimum atomic E-state index is -0.333. The lowest BCUT2D eigenvalue weighted by atomic mass is 10.2. The molecule has 1 aromatic carbocycles. The summed E-state index contributed by atoms with van der Waals surface area (Å²) in [6.07, 6.45) is 3.39. The van der Waals surface area contributed by atoms with Gasteiger partial charge in [-0.1, -0.05) is 30.0 Å². The van der Waals surface area contributed by atoms with Crippen LogP contribution in [0.25, 0.3) is 11.5 Å². The van der Waals surface area contributed by atoms with Gasteiger partial charge in [-0.15, -0.1) is 10.2 Å². The molecule has 0 bridgehead atoms. The van der Waals surface area contributed by atoms with E-state index in [1.807, 2.05) is 47.0 Å². The van der Waals surface area contributed by atoms with E-state index in [1.165, 1.54) is 6.92 Å². The molecule has 0 saturated heterocycles. The van der Waals surface area contributed by atoms with Crippen molar-refractivity contribution in [1.29, 1.82) is 0 Å². The Morgan fingerprint density at radius 1 is 1.10 bits per heavy atom. The number of furan rings is 1. The highest BCUT2D eigenvalue weighted by Crippen LogP contribution is 2.27. The summed E-state index contributed by atoms with van der Waals surface area (Å²) in [6.45, 7) is 1.90. The van der Waals surface area contributed by atoms with Gasteiger partial charge in [-0.2, -0.15) is 0 Å². The number of thioether (sulfide) groups is 1. The highest BCUT2D eigenvalue weighted by molar-refractivity contribution is 7.98. The van der Waals surface area contributed by atoms with E-state index in [-0.39, 0.29) is 5.97 Å². The van der Waals surface area contributed by atoms with Crippen LogP contribution in [-0.4, -0.2) is 25.7 Å². The molecule has 4 rings (SSSR count). The van der Waals surface area contributed by atoms with Gasteiger partial charge in [0.25, 0.3) is 0 Å². The van der Waals surface area contributed by atoms with Gasteiger partial charge >= 0.3 is 5.97 Å². The second-order valence-corrected chi connectivity index (χ2v) is 7.16. The maximum atomic E-state index is 11.0. The molecule has 3 aromatic heterocycles. The van der Waals surface area contributed by atoms with Gasteiger partial charge in [-0.3, -0.25) is 14.3 Å². The summed E-state index contributed by atoms with van der Waals surface area (Å²) in [5, 5.41) is 9.50. The van der Waals surface area contributed by atoms with Crippen LogP contribution >= 0.6 is 11.8 Å². The SMILES string of the molecule is CC(=O)Oc1ccc(CSc2nnc(-c3ccccn3)n2Cc2ccco2)cc1. The molecule has 0 unspecified atom stereocenters. The van der Waals surface area contributed by atoms with E-state index >= 15 is 0 Å². The Labute approximate surface area is 171 Å². The first-order chi connectivity index (χ1) is 14.2. The van der Waals surface area contributed by atoms with Gasteiger partial charge in [-0.25, -0.2) is 0 Å². The smallest absolute Gasteiger partial charge is 0.308 e. The molecular weight excluding hydrogens is 388 g/mol. The summed E-state index contributed by atoms with van der Waals surface area (Å²) in [6, 6.07) is 16.9. The molecule has 0 aliphatic rings. The lowest BCUT2D eigenvalue weighted by Gasteiger charge is -2.09. The number of ether oxygens (including phenoxy) is 1. The van der Waals surface area contributed by atoms with Crippen LogP contribution in [0.4, 0.5) is 0 Å². The van der Waals surface area contributed by atoms with Crippen LogP contribution in [0.2, 0.25) is 0 Å². The fourth-order valence-corrected chi connectivity index (χ4v) is 3.64. The molecular formula is C21H18N4O3S. The Morgan fingerprint density at radius 2 is 1.97 bits per heavy atom. The molecule has 29 heavy (non-hydrogen) atoms. The van der Waals surface area contributed by atoms with E-state index < -0.39 is 0 Å². The standard InChI is InChI=1S/C21H18N4O3S/c1-15(26)28-17-9-7-16(8-10-17)14-29-21-24-23-20(19-6-2-3-11-22-19)25(21)13-18-5-4-12-27-18/h2-12H,13-14H2,1H3. The van der Waals surface area contributed by atoms with E-state index in [1.54, 1.807) is 36.4 Å². The quantitative estimate of drug-likeness (QED) is 0.258. The van der Waals surface area contributed by atoms with E-state index in [2.05, 4.69) is 15.2 Å². The summed E-state index contributed by atoms with van der Waals surface area (Å²) in [4.78, 5) is 15.4. The highest BCUT2D eigenvalue weighted by Gasteiger charge is 2.16. The zero-order valence-electron chi connectivity index (χ0n) is 15.7. The molecule has 0 spiro atoms. The molecule has 0 amide bonds. The predicted molar refractivity (Wildman–Crippen MR) is 108 cm³/mol. The zero-order chi connectivity index (χ0) is 20.1. The first-order valence-electron chi connectivity index (χ1n) is 8.96. The summed E-state index contributed by atoms with van der Waals surface area (Å²) in [5.41, 5.74) is 1.84.